The smallest absolute Gasteiger partial charge is 0.227 e. The Hall–Kier alpha value is -2.66. The summed E-state index contributed by atoms with van der Waals surface area (Å²) in [5.41, 5.74) is 4.16. The molecule has 2 atom stereocenters. The summed E-state index contributed by atoms with van der Waals surface area (Å²) in [6.07, 6.45) is 0.0387. The highest BCUT2D eigenvalue weighted by atomic mass is 16.3. The molecule has 0 saturated carbocycles. The standard InChI is InChI=1S/C22H26N2O3/c1-15-8-9-19(10-16(15)2)24-14-18(12-21(24)26)22(27)23-13-20(25)11-17-6-4-3-5-7-17/h3-10,18,20,25H,11-14H2,1-2H3,(H,23,27)/t18-,20-/m0/s1. The molecular formula is C22H26N2O3. The molecule has 2 aromatic carbocycles. The van der Waals surface area contributed by atoms with Gasteiger partial charge >= 0.3 is 0 Å². The lowest BCUT2D eigenvalue weighted by atomic mass is 10.1. The van der Waals surface area contributed by atoms with Gasteiger partial charge in [-0.25, -0.2) is 0 Å². The van der Waals surface area contributed by atoms with Gasteiger partial charge in [-0.1, -0.05) is 36.4 Å². The zero-order valence-electron chi connectivity index (χ0n) is 15.8. The van der Waals surface area contributed by atoms with Crippen molar-refractivity contribution in [2.24, 2.45) is 5.92 Å². The van der Waals surface area contributed by atoms with E-state index in [4.69, 9.17) is 0 Å². The fraction of sp³-hybridized carbons (Fsp3) is 0.364. The number of hydrogen-bond acceptors (Lipinski definition) is 3. The molecule has 1 fully saturated rings. The van der Waals surface area contributed by atoms with Crippen LogP contribution in [-0.2, 0) is 16.0 Å². The molecule has 5 nitrogen and oxygen atoms in total. The van der Waals surface area contributed by atoms with E-state index in [-0.39, 0.29) is 30.7 Å². The Kier molecular flexibility index (Phi) is 5.91. The molecule has 0 spiro atoms. The van der Waals surface area contributed by atoms with Crippen LogP contribution in [0.5, 0.6) is 0 Å². The van der Waals surface area contributed by atoms with Gasteiger partial charge in [0, 0.05) is 31.6 Å². The van der Waals surface area contributed by atoms with E-state index >= 15 is 0 Å². The molecule has 2 aromatic rings. The van der Waals surface area contributed by atoms with Crippen molar-refractivity contribution in [2.75, 3.05) is 18.0 Å². The second kappa shape index (κ2) is 8.35. The maximum atomic E-state index is 12.4. The SMILES string of the molecule is Cc1ccc(N2C[C@@H](C(=O)NC[C@@H](O)Cc3ccccc3)CC2=O)cc1C. The van der Waals surface area contributed by atoms with Crippen LogP contribution in [0.3, 0.4) is 0 Å². The third kappa shape index (κ3) is 4.74. The number of nitrogens with zero attached hydrogens (tertiary/aromatic N) is 1. The van der Waals surface area contributed by atoms with E-state index in [1.54, 1.807) is 4.90 Å². The third-order valence-electron chi connectivity index (χ3n) is 5.12. The zero-order valence-corrected chi connectivity index (χ0v) is 15.8. The summed E-state index contributed by atoms with van der Waals surface area (Å²) < 4.78 is 0. The van der Waals surface area contributed by atoms with Gasteiger partial charge < -0.3 is 15.3 Å². The lowest BCUT2D eigenvalue weighted by Gasteiger charge is -2.18. The van der Waals surface area contributed by atoms with Crippen LogP contribution in [0, 0.1) is 19.8 Å². The summed E-state index contributed by atoms with van der Waals surface area (Å²) in [6, 6.07) is 15.6. The topological polar surface area (TPSA) is 69.6 Å². The summed E-state index contributed by atoms with van der Waals surface area (Å²) in [6.45, 7) is 4.60. The van der Waals surface area contributed by atoms with Crippen LogP contribution in [-0.4, -0.2) is 36.1 Å². The van der Waals surface area contributed by atoms with Gasteiger partial charge in [-0.3, -0.25) is 9.59 Å². The second-order valence-electron chi connectivity index (χ2n) is 7.26. The first kappa shape index (κ1) is 19.1. The van der Waals surface area contributed by atoms with E-state index in [0.717, 1.165) is 16.8 Å². The Labute approximate surface area is 160 Å². The molecule has 142 valence electrons. The highest BCUT2D eigenvalue weighted by Gasteiger charge is 2.35. The van der Waals surface area contributed by atoms with Crippen molar-refractivity contribution in [2.45, 2.75) is 32.8 Å². The highest BCUT2D eigenvalue weighted by Crippen LogP contribution is 2.26. The van der Waals surface area contributed by atoms with E-state index in [1.165, 1.54) is 5.56 Å². The van der Waals surface area contributed by atoms with E-state index in [0.29, 0.717) is 13.0 Å². The highest BCUT2D eigenvalue weighted by molar-refractivity contribution is 6.00. The Morgan fingerprint density at radius 2 is 1.93 bits per heavy atom. The molecule has 2 amide bonds. The number of amides is 2. The van der Waals surface area contributed by atoms with Crippen LogP contribution in [0.25, 0.3) is 0 Å². The van der Waals surface area contributed by atoms with Crippen LogP contribution < -0.4 is 10.2 Å². The van der Waals surface area contributed by atoms with Gasteiger partial charge in [0.25, 0.3) is 0 Å². The van der Waals surface area contributed by atoms with Crippen LogP contribution in [0.2, 0.25) is 0 Å². The van der Waals surface area contributed by atoms with Crippen molar-refractivity contribution in [3.63, 3.8) is 0 Å². The number of rotatable bonds is 6. The van der Waals surface area contributed by atoms with Gasteiger partial charge in [0.15, 0.2) is 0 Å². The molecule has 0 radical (unpaired) electrons. The van der Waals surface area contributed by atoms with Crippen molar-refractivity contribution in [3.05, 3.63) is 65.2 Å². The summed E-state index contributed by atoms with van der Waals surface area (Å²) >= 11 is 0. The van der Waals surface area contributed by atoms with Crippen LogP contribution >= 0.6 is 0 Å². The number of benzene rings is 2. The molecule has 27 heavy (non-hydrogen) atoms. The molecule has 1 saturated heterocycles. The van der Waals surface area contributed by atoms with Gasteiger partial charge in [0.05, 0.1) is 12.0 Å². The first-order valence-corrected chi connectivity index (χ1v) is 9.31. The average Bonchev–Trinajstić information content (AvgIpc) is 3.05. The molecule has 1 heterocycles. The number of aliphatic hydroxyl groups is 1. The van der Waals surface area contributed by atoms with Crippen LogP contribution in [0.4, 0.5) is 5.69 Å². The van der Waals surface area contributed by atoms with E-state index in [1.807, 2.05) is 62.4 Å². The van der Waals surface area contributed by atoms with Crippen molar-refractivity contribution >= 4 is 17.5 Å². The summed E-state index contributed by atoms with van der Waals surface area (Å²) in [5.74, 6) is -0.604. The van der Waals surface area contributed by atoms with Crippen molar-refractivity contribution in [3.8, 4) is 0 Å². The number of carbonyl (C=O) groups is 2. The fourth-order valence-corrected chi connectivity index (χ4v) is 3.35. The predicted molar refractivity (Wildman–Crippen MR) is 106 cm³/mol. The van der Waals surface area contributed by atoms with Crippen molar-refractivity contribution < 1.29 is 14.7 Å². The molecule has 0 bridgehead atoms. The summed E-state index contributed by atoms with van der Waals surface area (Å²) in [5, 5.41) is 12.9. The van der Waals surface area contributed by atoms with Gasteiger partial charge in [0.1, 0.15) is 0 Å². The minimum Gasteiger partial charge on any atom is -0.391 e. The third-order valence-corrected chi connectivity index (χ3v) is 5.12. The van der Waals surface area contributed by atoms with Crippen molar-refractivity contribution in [1.29, 1.82) is 0 Å². The molecule has 5 heteroatoms. The Bertz CT molecular complexity index is 820. The van der Waals surface area contributed by atoms with Crippen molar-refractivity contribution in [1.82, 2.24) is 5.32 Å². The second-order valence-corrected chi connectivity index (χ2v) is 7.26. The van der Waals surface area contributed by atoms with Gasteiger partial charge in [0.2, 0.25) is 11.8 Å². The molecule has 0 unspecified atom stereocenters. The largest absolute Gasteiger partial charge is 0.391 e. The molecule has 1 aliphatic rings. The zero-order chi connectivity index (χ0) is 19.4. The monoisotopic (exact) mass is 366 g/mol. The number of carbonyl (C=O) groups excluding carboxylic acids is 2. The predicted octanol–water partition coefficient (Wildman–Crippen LogP) is 2.38. The first-order chi connectivity index (χ1) is 12.9. The van der Waals surface area contributed by atoms with E-state index in [2.05, 4.69) is 5.32 Å². The average molecular weight is 366 g/mol. The molecule has 2 N–H and O–H groups in total. The number of aliphatic hydroxyl groups excluding tert-OH is 1. The summed E-state index contributed by atoms with van der Waals surface area (Å²) in [7, 11) is 0. The van der Waals surface area contributed by atoms with Gasteiger partial charge in [-0.05, 0) is 42.7 Å². The van der Waals surface area contributed by atoms with Gasteiger partial charge in [-0.15, -0.1) is 0 Å². The molecular weight excluding hydrogens is 340 g/mol. The normalized spacial score (nSPS) is 17.8. The quantitative estimate of drug-likeness (QED) is 0.825. The Morgan fingerprint density at radius 3 is 2.63 bits per heavy atom. The van der Waals surface area contributed by atoms with Gasteiger partial charge in [-0.2, -0.15) is 0 Å². The minimum absolute atomic E-state index is 0.0387. The molecule has 0 aliphatic carbocycles. The number of aryl methyl sites for hydroxylation is 2. The first-order valence-electron chi connectivity index (χ1n) is 9.31. The number of anilines is 1. The number of hydrogen-bond donors (Lipinski definition) is 2. The van der Waals surface area contributed by atoms with E-state index in [9.17, 15) is 14.7 Å². The number of nitrogens with one attached hydrogen (secondary N) is 1. The fourth-order valence-electron chi connectivity index (χ4n) is 3.35. The van der Waals surface area contributed by atoms with E-state index < -0.39 is 6.10 Å². The maximum absolute atomic E-state index is 12.4. The van der Waals surface area contributed by atoms with Crippen LogP contribution in [0.1, 0.15) is 23.1 Å². The molecule has 3 rings (SSSR count). The molecule has 1 aliphatic heterocycles. The lowest BCUT2D eigenvalue weighted by molar-refractivity contribution is -0.126. The summed E-state index contributed by atoms with van der Waals surface area (Å²) in [4.78, 5) is 26.5. The lowest BCUT2D eigenvalue weighted by Crippen LogP contribution is -2.38. The minimum atomic E-state index is -0.649. The maximum Gasteiger partial charge on any atom is 0.227 e. The Morgan fingerprint density at radius 1 is 1.19 bits per heavy atom. The molecule has 0 aromatic heterocycles. The Balaban J connectivity index is 1.53. The van der Waals surface area contributed by atoms with Crippen LogP contribution in [0.15, 0.2) is 48.5 Å².